The fraction of sp³-hybridized carbons (Fsp3) is 0.348. The highest BCUT2D eigenvalue weighted by molar-refractivity contribution is 5.89. The van der Waals surface area contributed by atoms with Crippen molar-refractivity contribution < 1.29 is 9.90 Å². The molecule has 2 aromatic heterocycles. The number of H-pyrrole nitrogens is 1. The molecular formula is C23H24N4O2. The second-order valence-corrected chi connectivity index (χ2v) is 8.09. The molecular weight excluding hydrogens is 364 g/mol. The van der Waals surface area contributed by atoms with Gasteiger partial charge in [-0.25, -0.2) is 0 Å². The number of nitrogens with one attached hydrogen (secondary N) is 1. The Hall–Kier alpha value is -3.15. The van der Waals surface area contributed by atoms with Crippen LogP contribution in [0.3, 0.4) is 0 Å². The number of benzene rings is 1. The van der Waals surface area contributed by atoms with Crippen LogP contribution in [0.5, 0.6) is 5.75 Å². The summed E-state index contributed by atoms with van der Waals surface area (Å²) in [6, 6.07) is 9.27. The Morgan fingerprint density at radius 1 is 1.17 bits per heavy atom. The lowest BCUT2D eigenvalue weighted by atomic mass is 9.86. The van der Waals surface area contributed by atoms with Crippen LogP contribution in [0.2, 0.25) is 0 Å². The third-order valence-electron chi connectivity index (χ3n) is 6.35. The predicted molar refractivity (Wildman–Crippen MR) is 112 cm³/mol. The number of carbonyl (C=O) groups excluding carboxylic acids is 1. The van der Waals surface area contributed by atoms with Gasteiger partial charge in [0.25, 0.3) is 0 Å². The SMILES string of the molecule is C=CC(=O)N1CC(c2[nH]c3nnc(-c4ccccc4O)cc3c2C2CCCC2)C1. The van der Waals surface area contributed by atoms with Crippen molar-refractivity contribution in [3.63, 3.8) is 0 Å². The molecule has 2 fully saturated rings. The lowest BCUT2D eigenvalue weighted by Crippen LogP contribution is -2.48. The van der Waals surface area contributed by atoms with E-state index in [0.29, 0.717) is 30.3 Å². The van der Waals surface area contributed by atoms with E-state index in [1.54, 1.807) is 12.1 Å². The number of amides is 1. The summed E-state index contributed by atoms with van der Waals surface area (Å²) >= 11 is 0. The maximum absolute atomic E-state index is 11.9. The minimum absolute atomic E-state index is 0.0126. The average molecular weight is 388 g/mol. The Morgan fingerprint density at radius 2 is 1.93 bits per heavy atom. The van der Waals surface area contributed by atoms with Gasteiger partial charge in [-0.05, 0) is 48.6 Å². The van der Waals surface area contributed by atoms with Crippen molar-refractivity contribution in [2.24, 2.45) is 0 Å². The van der Waals surface area contributed by atoms with E-state index in [2.05, 4.69) is 27.8 Å². The van der Waals surface area contributed by atoms with Crippen LogP contribution in [0, 0.1) is 0 Å². The van der Waals surface area contributed by atoms with Gasteiger partial charge in [0.05, 0.1) is 5.69 Å². The van der Waals surface area contributed by atoms with Gasteiger partial charge in [-0.3, -0.25) is 4.79 Å². The predicted octanol–water partition coefficient (Wildman–Crippen LogP) is 4.10. The van der Waals surface area contributed by atoms with Gasteiger partial charge in [0.1, 0.15) is 5.75 Å². The smallest absolute Gasteiger partial charge is 0.245 e. The molecule has 1 aromatic carbocycles. The Bertz CT molecular complexity index is 1090. The number of aromatic hydroxyl groups is 1. The van der Waals surface area contributed by atoms with E-state index in [1.807, 2.05) is 17.0 Å². The number of rotatable bonds is 4. The summed E-state index contributed by atoms with van der Waals surface area (Å²) in [5.41, 5.74) is 4.68. The van der Waals surface area contributed by atoms with E-state index < -0.39 is 0 Å². The molecule has 3 aromatic rings. The molecule has 1 amide bonds. The van der Waals surface area contributed by atoms with Gasteiger partial charge in [-0.1, -0.05) is 31.6 Å². The number of para-hydroxylation sites is 1. The lowest BCUT2D eigenvalue weighted by molar-refractivity contribution is -0.130. The van der Waals surface area contributed by atoms with Crippen LogP contribution in [0.4, 0.5) is 0 Å². The summed E-state index contributed by atoms with van der Waals surface area (Å²) in [6.07, 6.45) is 6.22. The minimum Gasteiger partial charge on any atom is -0.507 e. The third-order valence-corrected chi connectivity index (χ3v) is 6.35. The summed E-state index contributed by atoms with van der Waals surface area (Å²) in [7, 11) is 0. The van der Waals surface area contributed by atoms with Crippen LogP contribution in [0.1, 0.15) is 48.8 Å². The molecule has 0 unspecified atom stereocenters. The summed E-state index contributed by atoms with van der Waals surface area (Å²) in [5, 5.41) is 20.1. The molecule has 148 valence electrons. The maximum Gasteiger partial charge on any atom is 0.245 e. The Kier molecular flexibility index (Phi) is 4.34. The molecule has 6 nitrogen and oxygen atoms in total. The Morgan fingerprint density at radius 3 is 2.66 bits per heavy atom. The number of aromatic amines is 1. The standard InChI is InChI=1S/C23H24N4O2/c1-2-20(29)27-12-15(13-27)22-21(14-7-3-4-8-14)17-11-18(25-26-23(17)24-22)16-9-5-6-10-19(16)28/h2,5-6,9-11,14-15,28H,1,3-4,7-8,12-13H2,(H,24,26). The fourth-order valence-corrected chi connectivity index (χ4v) is 4.80. The first-order valence-electron chi connectivity index (χ1n) is 10.2. The zero-order valence-corrected chi connectivity index (χ0v) is 16.3. The van der Waals surface area contributed by atoms with Gasteiger partial charge >= 0.3 is 0 Å². The van der Waals surface area contributed by atoms with Crippen molar-refractivity contribution in [1.82, 2.24) is 20.1 Å². The van der Waals surface area contributed by atoms with Gasteiger partial charge in [-0.15, -0.1) is 10.2 Å². The molecule has 0 bridgehead atoms. The minimum atomic E-state index is -0.0126. The zero-order chi connectivity index (χ0) is 20.0. The van der Waals surface area contributed by atoms with E-state index in [0.717, 1.165) is 11.0 Å². The van der Waals surface area contributed by atoms with Gasteiger partial charge in [0, 0.05) is 35.7 Å². The lowest BCUT2D eigenvalue weighted by Gasteiger charge is -2.39. The molecule has 29 heavy (non-hydrogen) atoms. The van der Waals surface area contributed by atoms with E-state index >= 15 is 0 Å². The molecule has 0 spiro atoms. The summed E-state index contributed by atoms with van der Waals surface area (Å²) in [5.74, 6) is 0.986. The van der Waals surface area contributed by atoms with Crippen molar-refractivity contribution in [2.45, 2.75) is 37.5 Å². The van der Waals surface area contributed by atoms with Gasteiger partial charge in [0.15, 0.2) is 5.65 Å². The van der Waals surface area contributed by atoms with Crippen molar-refractivity contribution in [3.8, 4) is 17.0 Å². The summed E-state index contributed by atoms with van der Waals surface area (Å²) < 4.78 is 0. The number of hydrogen-bond donors (Lipinski definition) is 2. The van der Waals surface area contributed by atoms with Crippen molar-refractivity contribution in [3.05, 3.63) is 54.2 Å². The first-order chi connectivity index (χ1) is 14.2. The molecule has 0 radical (unpaired) electrons. The number of hydrogen-bond acceptors (Lipinski definition) is 4. The normalized spacial score (nSPS) is 17.6. The number of aromatic nitrogens is 3. The van der Waals surface area contributed by atoms with Crippen LogP contribution in [0.25, 0.3) is 22.3 Å². The Labute approximate surface area is 169 Å². The zero-order valence-electron chi connectivity index (χ0n) is 16.3. The highest BCUT2D eigenvalue weighted by atomic mass is 16.3. The number of phenols is 1. The fourth-order valence-electron chi connectivity index (χ4n) is 4.80. The molecule has 1 saturated carbocycles. The number of fused-ring (bicyclic) bond motifs is 1. The molecule has 0 atom stereocenters. The number of phenolic OH excluding ortho intramolecular Hbond substituents is 1. The van der Waals surface area contributed by atoms with Crippen LogP contribution in [-0.2, 0) is 4.79 Å². The van der Waals surface area contributed by atoms with Crippen molar-refractivity contribution in [1.29, 1.82) is 0 Å². The molecule has 5 rings (SSSR count). The van der Waals surface area contributed by atoms with Crippen molar-refractivity contribution in [2.75, 3.05) is 13.1 Å². The van der Waals surface area contributed by atoms with Gasteiger partial charge < -0.3 is 15.0 Å². The highest BCUT2D eigenvalue weighted by Crippen LogP contribution is 2.44. The molecule has 2 N–H and O–H groups in total. The molecule has 1 aliphatic carbocycles. The molecule has 1 aliphatic heterocycles. The molecule has 6 heteroatoms. The maximum atomic E-state index is 11.9. The monoisotopic (exact) mass is 388 g/mol. The van der Waals surface area contributed by atoms with E-state index in [4.69, 9.17) is 0 Å². The first kappa shape index (κ1) is 17.9. The average Bonchev–Trinajstić information content (AvgIpc) is 3.34. The van der Waals surface area contributed by atoms with Crippen LogP contribution in [-0.4, -0.2) is 44.2 Å². The summed E-state index contributed by atoms with van der Waals surface area (Å²) in [4.78, 5) is 17.2. The number of likely N-dealkylation sites (tertiary alicyclic amines) is 1. The van der Waals surface area contributed by atoms with E-state index in [1.165, 1.54) is 43.0 Å². The van der Waals surface area contributed by atoms with Crippen LogP contribution >= 0.6 is 0 Å². The molecule has 2 aliphatic rings. The van der Waals surface area contributed by atoms with Gasteiger partial charge in [0.2, 0.25) is 5.91 Å². The van der Waals surface area contributed by atoms with Gasteiger partial charge in [-0.2, -0.15) is 0 Å². The Balaban J connectivity index is 1.59. The number of carbonyl (C=O) groups is 1. The van der Waals surface area contributed by atoms with Crippen LogP contribution < -0.4 is 0 Å². The molecule has 3 heterocycles. The van der Waals surface area contributed by atoms with E-state index in [9.17, 15) is 9.90 Å². The topological polar surface area (TPSA) is 82.1 Å². The van der Waals surface area contributed by atoms with E-state index in [-0.39, 0.29) is 17.6 Å². The number of nitrogens with zero attached hydrogens (tertiary/aromatic N) is 3. The van der Waals surface area contributed by atoms with Crippen molar-refractivity contribution >= 4 is 16.9 Å². The van der Waals surface area contributed by atoms with Crippen LogP contribution in [0.15, 0.2) is 43.0 Å². The summed E-state index contributed by atoms with van der Waals surface area (Å²) in [6.45, 7) is 5.00. The first-order valence-corrected chi connectivity index (χ1v) is 10.2. The third kappa shape index (κ3) is 2.99. The quantitative estimate of drug-likeness (QED) is 0.659. The molecule has 1 saturated heterocycles. The second-order valence-electron chi connectivity index (χ2n) is 8.09. The largest absolute Gasteiger partial charge is 0.507 e. The second kappa shape index (κ2) is 7.03. The highest BCUT2D eigenvalue weighted by Gasteiger charge is 2.36.